The highest BCUT2D eigenvalue weighted by Gasteiger charge is 2.26. The summed E-state index contributed by atoms with van der Waals surface area (Å²) in [6.45, 7) is 1.99. The number of hydrogen-bond donors (Lipinski definition) is 2. The van der Waals surface area contributed by atoms with Gasteiger partial charge in [0.05, 0.1) is 41.7 Å². The van der Waals surface area contributed by atoms with E-state index in [1.54, 1.807) is 18.6 Å². The standard InChI is InChI=1S/C17H22N6O/c1-11-15(10-20-23(11)14-4-2-3-5-14)22-17(24)21-13-8-18-16(19-9-13)12-6-7-12/h8-10,12,14H,2-7H2,1H3,(H2,21,22,24). The Kier molecular flexibility index (Phi) is 3.92. The molecule has 2 aromatic heterocycles. The molecule has 2 heterocycles. The molecule has 2 saturated carbocycles. The van der Waals surface area contributed by atoms with Crippen molar-refractivity contribution in [3.8, 4) is 0 Å². The first-order valence-electron chi connectivity index (χ1n) is 8.65. The van der Waals surface area contributed by atoms with E-state index in [9.17, 15) is 4.79 Å². The monoisotopic (exact) mass is 326 g/mol. The summed E-state index contributed by atoms with van der Waals surface area (Å²) in [5.74, 6) is 1.38. The van der Waals surface area contributed by atoms with E-state index >= 15 is 0 Å². The van der Waals surface area contributed by atoms with Gasteiger partial charge in [0, 0.05) is 5.92 Å². The average Bonchev–Trinajstić information content (AvgIpc) is 3.18. The van der Waals surface area contributed by atoms with Gasteiger partial charge >= 0.3 is 6.03 Å². The highest BCUT2D eigenvalue weighted by Crippen LogP contribution is 2.37. The van der Waals surface area contributed by atoms with Crippen molar-refractivity contribution in [2.75, 3.05) is 10.6 Å². The number of rotatable bonds is 4. The van der Waals surface area contributed by atoms with E-state index in [2.05, 4.69) is 25.7 Å². The van der Waals surface area contributed by atoms with Gasteiger partial charge in [-0.25, -0.2) is 14.8 Å². The zero-order chi connectivity index (χ0) is 16.5. The van der Waals surface area contributed by atoms with Gasteiger partial charge in [0.15, 0.2) is 0 Å². The number of carbonyl (C=O) groups excluding carboxylic acids is 1. The van der Waals surface area contributed by atoms with Gasteiger partial charge in [-0.3, -0.25) is 4.68 Å². The van der Waals surface area contributed by atoms with Crippen molar-refractivity contribution in [3.05, 3.63) is 30.1 Å². The Labute approximate surface area is 140 Å². The number of carbonyl (C=O) groups is 1. The lowest BCUT2D eigenvalue weighted by Gasteiger charge is -2.13. The molecule has 7 nitrogen and oxygen atoms in total. The van der Waals surface area contributed by atoms with Gasteiger partial charge in [-0.05, 0) is 32.6 Å². The van der Waals surface area contributed by atoms with Crippen LogP contribution in [0.4, 0.5) is 16.2 Å². The number of amides is 2. The molecule has 2 N–H and O–H groups in total. The largest absolute Gasteiger partial charge is 0.323 e. The number of nitrogens with one attached hydrogen (secondary N) is 2. The summed E-state index contributed by atoms with van der Waals surface area (Å²) in [5, 5.41) is 10.1. The molecular formula is C17H22N6O. The van der Waals surface area contributed by atoms with E-state index in [1.165, 1.54) is 25.7 Å². The van der Waals surface area contributed by atoms with Crippen LogP contribution in [-0.4, -0.2) is 25.8 Å². The predicted molar refractivity (Wildman–Crippen MR) is 91.1 cm³/mol. The molecule has 0 aliphatic heterocycles. The Morgan fingerprint density at radius 1 is 1.08 bits per heavy atom. The fourth-order valence-electron chi connectivity index (χ4n) is 3.30. The van der Waals surface area contributed by atoms with Gasteiger partial charge in [-0.15, -0.1) is 0 Å². The first-order valence-corrected chi connectivity index (χ1v) is 8.65. The van der Waals surface area contributed by atoms with E-state index in [-0.39, 0.29) is 6.03 Å². The van der Waals surface area contributed by atoms with Crippen LogP contribution in [0, 0.1) is 6.92 Å². The second-order valence-corrected chi connectivity index (χ2v) is 6.71. The van der Waals surface area contributed by atoms with Gasteiger partial charge in [0.25, 0.3) is 0 Å². The minimum Gasteiger partial charge on any atom is -0.305 e. The van der Waals surface area contributed by atoms with E-state index in [0.717, 1.165) is 30.0 Å². The highest BCUT2D eigenvalue weighted by molar-refractivity contribution is 5.99. The van der Waals surface area contributed by atoms with Crippen molar-refractivity contribution < 1.29 is 4.79 Å². The SMILES string of the molecule is Cc1c(NC(=O)Nc2cnc(C3CC3)nc2)cnn1C1CCCC1. The third-order valence-corrected chi connectivity index (χ3v) is 4.84. The van der Waals surface area contributed by atoms with E-state index in [1.807, 2.05) is 11.6 Å². The van der Waals surface area contributed by atoms with Crippen molar-refractivity contribution in [1.29, 1.82) is 0 Å². The van der Waals surface area contributed by atoms with Crippen LogP contribution in [0.3, 0.4) is 0 Å². The van der Waals surface area contributed by atoms with Crippen molar-refractivity contribution in [1.82, 2.24) is 19.7 Å². The molecule has 4 rings (SSSR count). The molecule has 0 aromatic carbocycles. The molecule has 0 radical (unpaired) electrons. The maximum Gasteiger partial charge on any atom is 0.323 e. The smallest absolute Gasteiger partial charge is 0.305 e. The Balaban J connectivity index is 1.38. The Morgan fingerprint density at radius 3 is 2.46 bits per heavy atom. The quantitative estimate of drug-likeness (QED) is 0.898. The summed E-state index contributed by atoms with van der Waals surface area (Å²) in [4.78, 5) is 20.8. The molecule has 2 fully saturated rings. The van der Waals surface area contributed by atoms with Gasteiger partial charge in [-0.1, -0.05) is 12.8 Å². The Bertz CT molecular complexity index is 728. The summed E-state index contributed by atoms with van der Waals surface area (Å²) < 4.78 is 2.04. The Morgan fingerprint density at radius 2 is 1.79 bits per heavy atom. The van der Waals surface area contributed by atoms with Gasteiger partial charge < -0.3 is 10.6 Å². The molecule has 2 aromatic rings. The second kappa shape index (κ2) is 6.22. The van der Waals surface area contributed by atoms with Crippen LogP contribution in [0.25, 0.3) is 0 Å². The van der Waals surface area contributed by atoms with Gasteiger partial charge in [0.2, 0.25) is 0 Å². The highest BCUT2D eigenvalue weighted by atomic mass is 16.2. The molecule has 24 heavy (non-hydrogen) atoms. The fraction of sp³-hybridized carbons (Fsp3) is 0.529. The first-order chi connectivity index (χ1) is 11.7. The summed E-state index contributed by atoms with van der Waals surface area (Å²) in [5.41, 5.74) is 2.34. The first kappa shape index (κ1) is 15.1. The van der Waals surface area contributed by atoms with E-state index in [0.29, 0.717) is 17.6 Å². The predicted octanol–water partition coefficient (Wildman–Crippen LogP) is 3.62. The summed E-state index contributed by atoms with van der Waals surface area (Å²) in [7, 11) is 0. The molecule has 7 heteroatoms. The Hall–Kier alpha value is -2.44. The number of aromatic nitrogens is 4. The topological polar surface area (TPSA) is 84.7 Å². The minimum absolute atomic E-state index is 0.299. The number of anilines is 2. The lowest BCUT2D eigenvalue weighted by atomic mass is 10.2. The molecule has 126 valence electrons. The normalized spacial score (nSPS) is 17.9. The van der Waals surface area contributed by atoms with Crippen molar-refractivity contribution >= 4 is 17.4 Å². The molecule has 0 spiro atoms. The van der Waals surface area contributed by atoms with Crippen molar-refractivity contribution in [2.45, 2.75) is 57.4 Å². The summed E-state index contributed by atoms with van der Waals surface area (Å²) in [6, 6.07) is 0.166. The van der Waals surface area contributed by atoms with Crippen LogP contribution in [-0.2, 0) is 0 Å². The van der Waals surface area contributed by atoms with E-state index < -0.39 is 0 Å². The molecule has 0 bridgehead atoms. The van der Waals surface area contributed by atoms with Crippen LogP contribution >= 0.6 is 0 Å². The molecule has 0 unspecified atom stereocenters. The third-order valence-electron chi connectivity index (χ3n) is 4.84. The van der Waals surface area contributed by atoms with Crippen LogP contribution in [0.15, 0.2) is 18.6 Å². The van der Waals surface area contributed by atoms with Crippen LogP contribution in [0.5, 0.6) is 0 Å². The number of hydrogen-bond acceptors (Lipinski definition) is 4. The van der Waals surface area contributed by atoms with Gasteiger partial charge in [0.1, 0.15) is 5.82 Å². The molecule has 0 saturated heterocycles. The number of urea groups is 1. The third kappa shape index (κ3) is 3.11. The zero-order valence-corrected chi connectivity index (χ0v) is 13.8. The van der Waals surface area contributed by atoms with Crippen molar-refractivity contribution in [2.24, 2.45) is 0 Å². The van der Waals surface area contributed by atoms with E-state index in [4.69, 9.17) is 0 Å². The second-order valence-electron chi connectivity index (χ2n) is 6.71. The van der Waals surface area contributed by atoms with Crippen molar-refractivity contribution in [3.63, 3.8) is 0 Å². The van der Waals surface area contributed by atoms with Crippen LogP contribution in [0.2, 0.25) is 0 Å². The summed E-state index contributed by atoms with van der Waals surface area (Å²) >= 11 is 0. The molecule has 2 aliphatic carbocycles. The summed E-state index contributed by atoms with van der Waals surface area (Å²) in [6.07, 6.45) is 12.2. The average molecular weight is 326 g/mol. The van der Waals surface area contributed by atoms with Gasteiger partial charge in [-0.2, -0.15) is 5.10 Å². The maximum absolute atomic E-state index is 12.2. The molecule has 2 aliphatic rings. The molecule has 0 atom stereocenters. The maximum atomic E-state index is 12.2. The fourth-order valence-corrected chi connectivity index (χ4v) is 3.30. The lowest BCUT2D eigenvalue weighted by Crippen LogP contribution is -2.20. The molecule has 2 amide bonds. The van der Waals surface area contributed by atoms with Crippen LogP contribution in [0.1, 0.15) is 62.0 Å². The van der Waals surface area contributed by atoms with Crippen LogP contribution < -0.4 is 10.6 Å². The zero-order valence-electron chi connectivity index (χ0n) is 13.8. The minimum atomic E-state index is -0.299. The lowest BCUT2D eigenvalue weighted by molar-refractivity contribution is 0.262. The molecular weight excluding hydrogens is 304 g/mol. The number of nitrogens with zero attached hydrogens (tertiary/aromatic N) is 4.